The topological polar surface area (TPSA) is 84.4 Å². The molecule has 1 N–H and O–H groups in total. The molecule has 3 aromatic rings. The third-order valence-corrected chi connectivity index (χ3v) is 4.93. The molecule has 0 aliphatic carbocycles. The normalized spacial score (nSPS) is 17.2. The van der Waals surface area contributed by atoms with Crippen LogP contribution in [0.3, 0.4) is 0 Å². The minimum Gasteiger partial charge on any atom is -0.480 e. The monoisotopic (exact) mass is 372 g/mol. The van der Waals surface area contributed by atoms with Gasteiger partial charge < -0.3 is 14.1 Å². The molecular formula is C18H17ClN4O3. The van der Waals surface area contributed by atoms with E-state index < -0.39 is 12.0 Å². The number of hydrogen-bond acceptors (Lipinski definition) is 5. The highest BCUT2D eigenvalue weighted by Crippen LogP contribution is 2.30. The van der Waals surface area contributed by atoms with Gasteiger partial charge in [0.25, 0.3) is 0 Å². The van der Waals surface area contributed by atoms with Crippen LogP contribution in [0.4, 0.5) is 0 Å². The third-order valence-electron chi connectivity index (χ3n) is 4.60. The van der Waals surface area contributed by atoms with Gasteiger partial charge in [-0.05, 0) is 31.2 Å². The first-order valence-corrected chi connectivity index (χ1v) is 8.60. The van der Waals surface area contributed by atoms with Gasteiger partial charge >= 0.3 is 5.97 Å². The third kappa shape index (κ3) is 3.00. The molecule has 7 nitrogen and oxygen atoms in total. The standard InChI is InChI=1S/C18H17ClN4O3/c1-11-20-21-17-10-22(15(18(24)25)9-23(11)17)8-12-6-7-16(26-12)13-4-2-3-5-14(13)19/h2-7,15H,8-10H2,1H3,(H,24,25). The van der Waals surface area contributed by atoms with Crippen molar-refractivity contribution in [3.8, 4) is 11.3 Å². The van der Waals surface area contributed by atoms with E-state index in [1.807, 2.05) is 46.7 Å². The molecule has 0 radical (unpaired) electrons. The van der Waals surface area contributed by atoms with E-state index in [9.17, 15) is 9.90 Å². The summed E-state index contributed by atoms with van der Waals surface area (Å²) in [4.78, 5) is 13.6. The van der Waals surface area contributed by atoms with Crippen molar-refractivity contribution >= 4 is 17.6 Å². The second-order valence-electron chi connectivity index (χ2n) is 6.28. The first kappa shape index (κ1) is 16.8. The van der Waals surface area contributed by atoms with Gasteiger partial charge in [-0.1, -0.05) is 23.7 Å². The molecule has 1 aromatic carbocycles. The first-order chi connectivity index (χ1) is 12.5. The minimum atomic E-state index is -0.873. The highest BCUT2D eigenvalue weighted by molar-refractivity contribution is 6.33. The number of aliphatic carboxylic acids is 1. The van der Waals surface area contributed by atoms with Crippen LogP contribution >= 0.6 is 11.6 Å². The molecule has 0 saturated heterocycles. The SMILES string of the molecule is Cc1nnc2n1CC(C(=O)O)N(Cc1ccc(-c3ccccc3Cl)o1)C2. The molecule has 4 rings (SSSR count). The molecule has 0 fully saturated rings. The van der Waals surface area contributed by atoms with Gasteiger partial charge in [0.2, 0.25) is 0 Å². The lowest BCUT2D eigenvalue weighted by Gasteiger charge is -2.32. The quantitative estimate of drug-likeness (QED) is 0.758. The molecule has 26 heavy (non-hydrogen) atoms. The summed E-state index contributed by atoms with van der Waals surface area (Å²) in [6.07, 6.45) is 0. The average Bonchev–Trinajstić information content (AvgIpc) is 3.22. The number of hydrogen-bond donors (Lipinski definition) is 1. The van der Waals surface area contributed by atoms with Crippen molar-refractivity contribution in [2.45, 2.75) is 32.6 Å². The van der Waals surface area contributed by atoms with E-state index >= 15 is 0 Å². The maximum atomic E-state index is 11.7. The van der Waals surface area contributed by atoms with Crippen molar-refractivity contribution in [1.29, 1.82) is 0 Å². The fourth-order valence-electron chi connectivity index (χ4n) is 3.23. The van der Waals surface area contributed by atoms with E-state index in [1.165, 1.54) is 0 Å². The van der Waals surface area contributed by atoms with Crippen LogP contribution in [0, 0.1) is 6.92 Å². The van der Waals surface area contributed by atoms with Crippen molar-refractivity contribution in [3.05, 3.63) is 58.8 Å². The Morgan fingerprint density at radius 2 is 2.12 bits per heavy atom. The summed E-state index contributed by atoms with van der Waals surface area (Å²) in [5.74, 6) is 1.95. The molecule has 8 heteroatoms. The number of furan rings is 1. The van der Waals surface area contributed by atoms with Crippen LogP contribution in [0.1, 0.15) is 17.4 Å². The molecule has 0 spiro atoms. The van der Waals surface area contributed by atoms with Gasteiger partial charge in [-0.25, -0.2) is 0 Å². The number of nitrogens with zero attached hydrogens (tertiary/aromatic N) is 4. The van der Waals surface area contributed by atoms with Crippen molar-refractivity contribution in [2.24, 2.45) is 0 Å². The molecule has 0 saturated carbocycles. The lowest BCUT2D eigenvalue weighted by molar-refractivity contribution is -0.145. The van der Waals surface area contributed by atoms with Crippen LogP contribution in [0.15, 0.2) is 40.8 Å². The molecule has 0 bridgehead atoms. The Hall–Kier alpha value is -2.64. The second-order valence-corrected chi connectivity index (χ2v) is 6.69. The lowest BCUT2D eigenvalue weighted by atomic mass is 10.1. The van der Waals surface area contributed by atoms with Gasteiger partial charge in [0.15, 0.2) is 0 Å². The zero-order chi connectivity index (χ0) is 18.3. The Bertz CT molecular complexity index is 965. The molecule has 134 valence electrons. The highest BCUT2D eigenvalue weighted by Gasteiger charge is 2.33. The number of halogens is 1. The van der Waals surface area contributed by atoms with Crippen molar-refractivity contribution in [2.75, 3.05) is 0 Å². The van der Waals surface area contributed by atoms with Gasteiger partial charge in [-0.2, -0.15) is 0 Å². The van der Waals surface area contributed by atoms with Crippen molar-refractivity contribution in [1.82, 2.24) is 19.7 Å². The summed E-state index contributed by atoms with van der Waals surface area (Å²) in [6.45, 7) is 2.92. The van der Waals surface area contributed by atoms with Gasteiger partial charge in [0.05, 0.1) is 24.7 Å². The fraction of sp³-hybridized carbons (Fsp3) is 0.278. The number of aryl methyl sites for hydroxylation is 1. The predicted molar refractivity (Wildman–Crippen MR) is 94.6 cm³/mol. The summed E-state index contributed by atoms with van der Waals surface area (Å²) in [5.41, 5.74) is 0.809. The number of rotatable bonds is 4. The molecule has 3 heterocycles. The largest absolute Gasteiger partial charge is 0.480 e. The smallest absolute Gasteiger partial charge is 0.322 e. The lowest BCUT2D eigenvalue weighted by Crippen LogP contribution is -2.47. The second kappa shape index (κ2) is 6.59. The summed E-state index contributed by atoms with van der Waals surface area (Å²) >= 11 is 6.22. The van der Waals surface area contributed by atoms with Crippen LogP contribution in [-0.4, -0.2) is 36.8 Å². The fourth-order valence-corrected chi connectivity index (χ4v) is 3.46. The molecule has 1 aliphatic heterocycles. The maximum absolute atomic E-state index is 11.7. The Balaban J connectivity index is 1.58. The first-order valence-electron chi connectivity index (χ1n) is 8.22. The molecule has 2 aromatic heterocycles. The number of fused-ring (bicyclic) bond motifs is 1. The minimum absolute atomic E-state index is 0.321. The van der Waals surface area contributed by atoms with E-state index in [-0.39, 0.29) is 0 Å². The van der Waals surface area contributed by atoms with E-state index in [1.54, 1.807) is 6.07 Å². The van der Waals surface area contributed by atoms with Gasteiger partial charge in [0.1, 0.15) is 29.2 Å². The van der Waals surface area contributed by atoms with Gasteiger partial charge in [-0.15, -0.1) is 10.2 Å². The maximum Gasteiger partial charge on any atom is 0.322 e. The van der Waals surface area contributed by atoms with Crippen LogP contribution < -0.4 is 0 Å². The van der Waals surface area contributed by atoms with Crippen LogP contribution in [0.25, 0.3) is 11.3 Å². The highest BCUT2D eigenvalue weighted by atomic mass is 35.5. The van der Waals surface area contributed by atoms with Crippen LogP contribution in [0.2, 0.25) is 5.02 Å². The zero-order valence-electron chi connectivity index (χ0n) is 14.1. The summed E-state index contributed by atoms with van der Waals surface area (Å²) in [6, 6.07) is 10.5. The van der Waals surface area contributed by atoms with E-state index in [2.05, 4.69) is 10.2 Å². The summed E-state index contributed by atoms with van der Waals surface area (Å²) in [7, 11) is 0. The van der Waals surface area contributed by atoms with Gasteiger partial charge in [-0.3, -0.25) is 9.69 Å². The van der Waals surface area contributed by atoms with Crippen LogP contribution in [-0.2, 0) is 24.4 Å². The van der Waals surface area contributed by atoms with Crippen molar-refractivity contribution < 1.29 is 14.3 Å². The number of carboxylic acids is 1. The number of carboxylic acid groups (broad SMARTS) is 1. The molecule has 1 aliphatic rings. The number of aromatic nitrogens is 3. The molecule has 0 amide bonds. The van der Waals surface area contributed by atoms with Crippen molar-refractivity contribution in [3.63, 3.8) is 0 Å². The Morgan fingerprint density at radius 3 is 2.88 bits per heavy atom. The van der Waals surface area contributed by atoms with Gasteiger partial charge in [0, 0.05) is 5.56 Å². The number of benzene rings is 1. The molecular weight excluding hydrogens is 356 g/mol. The van der Waals surface area contributed by atoms with E-state index in [4.69, 9.17) is 16.0 Å². The Morgan fingerprint density at radius 1 is 1.31 bits per heavy atom. The predicted octanol–water partition coefficient (Wildman–Crippen LogP) is 2.97. The molecule has 1 unspecified atom stereocenters. The van der Waals surface area contributed by atoms with Crippen LogP contribution in [0.5, 0.6) is 0 Å². The van der Waals surface area contributed by atoms with E-state index in [0.29, 0.717) is 36.2 Å². The Kier molecular flexibility index (Phi) is 4.26. The average molecular weight is 373 g/mol. The summed E-state index contributed by atoms with van der Waals surface area (Å²) in [5, 5.41) is 18.4. The summed E-state index contributed by atoms with van der Waals surface area (Å²) < 4.78 is 7.77. The van der Waals surface area contributed by atoms with E-state index in [0.717, 1.165) is 17.2 Å². The number of carbonyl (C=O) groups is 1. The molecule has 1 atom stereocenters. The zero-order valence-corrected chi connectivity index (χ0v) is 14.8. The Labute approximate surface area is 154 Å².